The monoisotopic (exact) mass is 332 g/mol. The topological polar surface area (TPSA) is 55.6 Å². The number of carbonyl (C=O) groups is 1. The second kappa shape index (κ2) is 9.41. The van der Waals surface area contributed by atoms with Crippen molar-refractivity contribution < 1.29 is 9.53 Å². The van der Waals surface area contributed by atoms with Crippen molar-refractivity contribution in [1.82, 2.24) is 4.90 Å². The normalized spacial score (nSPS) is 15.8. The Hall–Kier alpha value is -0.620. The van der Waals surface area contributed by atoms with Gasteiger partial charge in [-0.1, -0.05) is 6.92 Å². The van der Waals surface area contributed by atoms with Gasteiger partial charge in [0.1, 0.15) is 0 Å². The van der Waals surface area contributed by atoms with E-state index in [1.807, 2.05) is 10.3 Å². The maximum atomic E-state index is 12.5. The van der Waals surface area contributed by atoms with Gasteiger partial charge in [0.25, 0.3) is 5.91 Å². The van der Waals surface area contributed by atoms with E-state index in [9.17, 15) is 4.79 Å². The number of amides is 1. The van der Waals surface area contributed by atoms with Crippen LogP contribution in [-0.2, 0) is 11.2 Å². The Morgan fingerprint density at radius 2 is 2.19 bits per heavy atom. The molecule has 1 aliphatic rings. The zero-order valence-electron chi connectivity index (χ0n) is 12.5. The lowest BCUT2D eigenvalue weighted by Gasteiger charge is -2.32. The number of ether oxygens (including phenoxy) is 1. The first-order chi connectivity index (χ1) is 9.76. The zero-order valence-corrected chi connectivity index (χ0v) is 14.2. The predicted molar refractivity (Wildman–Crippen MR) is 89.5 cm³/mol. The summed E-state index contributed by atoms with van der Waals surface area (Å²) in [5, 5.41) is 2.01. The fourth-order valence-electron chi connectivity index (χ4n) is 2.50. The summed E-state index contributed by atoms with van der Waals surface area (Å²) in [6.45, 7) is 5.10. The number of hydrogen-bond donors (Lipinski definition) is 1. The second-order valence-corrected chi connectivity index (χ2v) is 6.05. The van der Waals surface area contributed by atoms with Crippen LogP contribution in [0.25, 0.3) is 0 Å². The molecule has 4 nitrogen and oxygen atoms in total. The average molecular weight is 333 g/mol. The highest BCUT2D eigenvalue weighted by atomic mass is 35.5. The number of likely N-dealkylation sites (tertiary alicyclic amines) is 1. The molecule has 0 atom stereocenters. The zero-order chi connectivity index (χ0) is 14.4. The molecule has 1 fully saturated rings. The fraction of sp³-hybridized carbons (Fsp3) is 0.667. The van der Waals surface area contributed by atoms with E-state index in [1.54, 1.807) is 11.3 Å². The molecule has 120 valence electrons. The van der Waals surface area contributed by atoms with E-state index in [4.69, 9.17) is 10.5 Å². The van der Waals surface area contributed by atoms with Gasteiger partial charge in [-0.25, -0.2) is 0 Å². The van der Waals surface area contributed by atoms with E-state index in [-0.39, 0.29) is 18.3 Å². The van der Waals surface area contributed by atoms with Crippen LogP contribution in [0.1, 0.15) is 41.4 Å². The molecule has 0 bridgehead atoms. The number of rotatable bonds is 6. The molecule has 1 aromatic rings. The fourth-order valence-corrected chi connectivity index (χ4v) is 3.47. The van der Waals surface area contributed by atoms with Crippen molar-refractivity contribution in [3.8, 4) is 0 Å². The lowest BCUT2D eigenvalue weighted by Crippen LogP contribution is -2.41. The highest BCUT2D eigenvalue weighted by Crippen LogP contribution is 2.22. The van der Waals surface area contributed by atoms with Crippen molar-refractivity contribution in [2.45, 2.75) is 38.7 Å². The van der Waals surface area contributed by atoms with Crippen molar-refractivity contribution >= 4 is 29.7 Å². The number of carbonyl (C=O) groups excluding carboxylic acids is 1. The minimum Gasteiger partial charge on any atom is -0.378 e. The molecule has 6 heteroatoms. The summed E-state index contributed by atoms with van der Waals surface area (Å²) in [6.07, 6.45) is 3.99. The highest BCUT2D eigenvalue weighted by Gasteiger charge is 2.25. The lowest BCUT2D eigenvalue weighted by atomic mass is 10.1. The summed E-state index contributed by atoms with van der Waals surface area (Å²) in [5.74, 6) is 0.192. The SMILES string of the molecule is CCc1ccsc1C(=O)N1CCC(OCCCN)CC1.Cl. The van der Waals surface area contributed by atoms with Crippen molar-refractivity contribution in [3.05, 3.63) is 21.9 Å². The van der Waals surface area contributed by atoms with Crippen LogP contribution in [0, 0.1) is 0 Å². The Bertz CT molecular complexity index is 431. The third kappa shape index (κ3) is 4.95. The van der Waals surface area contributed by atoms with Gasteiger partial charge in [0, 0.05) is 19.7 Å². The first-order valence-electron chi connectivity index (χ1n) is 7.43. The number of thiophene rings is 1. The number of piperidine rings is 1. The van der Waals surface area contributed by atoms with Crippen LogP contribution in [0.4, 0.5) is 0 Å². The number of aryl methyl sites for hydroxylation is 1. The molecule has 2 rings (SSSR count). The van der Waals surface area contributed by atoms with E-state index < -0.39 is 0 Å². The molecule has 0 spiro atoms. The number of nitrogens with two attached hydrogens (primary N) is 1. The minimum absolute atomic E-state index is 0. The molecule has 0 aromatic carbocycles. The molecule has 0 unspecified atom stereocenters. The van der Waals surface area contributed by atoms with Gasteiger partial charge in [-0.3, -0.25) is 4.79 Å². The first kappa shape index (κ1) is 18.4. The molecule has 1 aromatic heterocycles. The highest BCUT2D eigenvalue weighted by molar-refractivity contribution is 7.12. The third-order valence-corrected chi connectivity index (χ3v) is 4.70. The van der Waals surface area contributed by atoms with Gasteiger partial charge in [0.05, 0.1) is 11.0 Å². The maximum absolute atomic E-state index is 12.5. The van der Waals surface area contributed by atoms with Gasteiger partial charge in [0.2, 0.25) is 0 Å². The molecule has 0 radical (unpaired) electrons. The van der Waals surface area contributed by atoms with Gasteiger partial charge in [-0.2, -0.15) is 0 Å². The summed E-state index contributed by atoms with van der Waals surface area (Å²) in [7, 11) is 0. The summed E-state index contributed by atoms with van der Waals surface area (Å²) in [6, 6.07) is 2.06. The quantitative estimate of drug-likeness (QED) is 0.815. The molecule has 0 aliphatic carbocycles. The van der Waals surface area contributed by atoms with Crippen LogP contribution < -0.4 is 5.73 Å². The molecule has 21 heavy (non-hydrogen) atoms. The van der Waals surface area contributed by atoms with E-state index >= 15 is 0 Å². The van der Waals surface area contributed by atoms with E-state index in [0.29, 0.717) is 12.6 Å². The van der Waals surface area contributed by atoms with Crippen molar-refractivity contribution in [3.63, 3.8) is 0 Å². The second-order valence-electron chi connectivity index (χ2n) is 5.13. The Morgan fingerprint density at radius 3 is 2.81 bits per heavy atom. The molecule has 1 saturated heterocycles. The van der Waals surface area contributed by atoms with Crippen LogP contribution in [0.3, 0.4) is 0 Å². The molecular weight excluding hydrogens is 308 g/mol. The Morgan fingerprint density at radius 1 is 1.48 bits per heavy atom. The maximum Gasteiger partial charge on any atom is 0.264 e. The molecule has 1 aliphatic heterocycles. The minimum atomic E-state index is 0. The standard InChI is InChI=1S/C15H24N2O2S.ClH/c1-2-12-6-11-20-14(12)15(18)17-8-4-13(5-9-17)19-10-3-7-16;/h6,11,13H,2-5,7-10,16H2,1H3;1H. The van der Waals surface area contributed by atoms with Crippen LogP contribution >= 0.6 is 23.7 Å². The Labute approximate surface area is 137 Å². The number of hydrogen-bond acceptors (Lipinski definition) is 4. The average Bonchev–Trinajstić information content (AvgIpc) is 2.96. The summed E-state index contributed by atoms with van der Waals surface area (Å²) < 4.78 is 5.77. The van der Waals surface area contributed by atoms with Crippen molar-refractivity contribution in [2.75, 3.05) is 26.2 Å². The van der Waals surface area contributed by atoms with Gasteiger partial charge >= 0.3 is 0 Å². The largest absolute Gasteiger partial charge is 0.378 e. The lowest BCUT2D eigenvalue weighted by molar-refractivity contribution is 0.00855. The van der Waals surface area contributed by atoms with E-state index in [1.165, 1.54) is 5.56 Å². The van der Waals surface area contributed by atoms with Gasteiger partial charge in [-0.15, -0.1) is 23.7 Å². The van der Waals surface area contributed by atoms with E-state index in [0.717, 1.165) is 50.3 Å². The molecule has 2 heterocycles. The Kier molecular flexibility index (Phi) is 8.26. The summed E-state index contributed by atoms with van der Waals surface area (Å²) in [4.78, 5) is 15.4. The smallest absolute Gasteiger partial charge is 0.264 e. The molecular formula is C15H25ClN2O2S. The van der Waals surface area contributed by atoms with Crippen LogP contribution in [0.2, 0.25) is 0 Å². The predicted octanol–water partition coefficient (Wildman–Crippen LogP) is 2.70. The van der Waals surface area contributed by atoms with Gasteiger partial charge in [0.15, 0.2) is 0 Å². The number of nitrogens with zero attached hydrogens (tertiary/aromatic N) is 1. The molecule has 1 amide bonds. The third-order valence-electron chi connectivity index (χ3n) is 3.75. The summed E-state index contributed by atoms with van der Waals surface area (Å²) in [5.41, 5.74) is 6.62. The number of halogens is 1. The Balaban J connectivity index is 0.00000220. The van der Waals surface area contributed by atoms with Crippen LogP contribution in [0.5, 0.6) is 0 Å². The van der Waals surface area contributed by atoms with Crippen LogP contribution in [-0.4, -0.2) is 43.2 Å². The van der Waals surface area contributed by atoms with E-state index in [2.05, 4.69) is 13.0 Å². The van der Waals surface area contributed by atoms with Gasteiger partial charge in [-0.05, 0) is 49.2 Å². The van der Waals surface area contributed by atoms with Crippen LogP contribution in [0.15, 0.2) is 11.4 Å². The van der Waals surface area contributed by atoms with Gasteiger partial charge < -0.3 is 15.4 Å². The summed E-state index contributed by atoms with van der Waals surface area (Å²) >= 11 is 1.56. The first-order valence-corrected chi connectivity index (χ1v) is 8.31. The molecule has 0 saturated carbocycles. The van der Waals surface area contributed by atoms with Crippen molar-refractivity contribution in [1.29, 1.82) is 0 Å². The van der Waals surface area contributed by atoms with Crippen molar-refractivity contribution in [2.24, 2.45) is 5.73 Å². The molecule has 2 N–H and O–H groups in total.